The molecule has 0 aliphatic rings. The van der Waals surface area contributed by atoms with Gasteiger partial charge in [0.25, 0.3) is 0 Å². The minimum absolute atomic E-state index is 0.149. The number of rotatable bonds is 1. The molecule has 56 valence electrons. The van der Waals surface area contributed by atoms with Gasteiger partial charge in [-0.1, -0.05) is 31.4 Å². The Kier molecular flexibility index (Phi) is 2.33. The monoisotopic (exact) mass is 148 g/mol. The van der Waals surface area contributed by atoms with Crippen LogP contribution in [-0.2, 0) is 0 Å². The van der Waals surface area contributed by atoms with Crippen molar-refractivity contribution in [1.29, 1.82) is 0 Å². The second-order valence-corrected chi connectivity index (χ2v) is 2.90. The molecule has 1 aromatic rings. The number of benzene rings is 1. The van der Waals surface area contributed by atoms with Gasteiger partial charge in [0.1, 0.15) is 13.7 Å². The first-order valence-electron chi connectivity index (χ1n) is 3.67. The van der Waals surface area contributed by atoms with E-state index in [0.29, 0.717) is 11.0 Å². The van der Waals surface area contributed by atoms with Crippen LogP contribution in [0.3, 0.4) is 0 Å². The molecule has 0 aliphatic heterocycles. The Bertz CT molecular complexity index is 235. The molecule has 0 unspecified atom stereocenters. The minimum Gasteiger partial charge on any atom is -0.207 e. The lowest BCUT2D eigenvalue weighted by molar-refractivity contribution is 0.601. The fraction of sp³-hybridized carbons (Fsp3) is 0.333. The van der Waals surface area contributed by atoms with E-state index in [9.17, 15) is 4.39 Å². The highest BCUT2D eigenvalue weighted by atomic mass is 19.1. The molecule has 0 saturated heterocycles. The number of halogens is 1. The van der Waals surface area contributed by atoms with E-state index in [2.05, 4.69) is 0 Å². The Morgan fingerprint density at radius 1 is 1.36 bits per heavy atom. The van der Waals surface area contributed by atoms with E-state index in [4.69, 9.17) is 7.85 Å². The van der Waals surface area contributed by atoms with Crippen LogP contribution in [0.15, 0.2) is 18.2 Å². The fourth-order valence-electron chi connectivity index (χ4n) is 1.16. The van der Waals surface area contributed by atoms with Crippen molar-refractivity contribution < 1.29 is 4.39 Å². The molecule has 0 aliphatic carbocycles. The van der Waals surface area contributed by atoms with Crippen molar-refractivity contribution in [2.45, 2.75) is 19.8 Å². The van der Waals surface area contributed by atoms with Crippen molar-refractivity contribution in [3.8, 4) is 0 Å². The molecule has 0 spiro atoms. The Morgan fingerprint density at radius 3 is 2.36 bits per heavy atom. The van der Waals surface area contributed by atoms with E-state index in [0.717, 1.165) is 0 Å². The van der Waals surface area contributed by atoms with Gasteiger partial charge in [0, 0.05) is 0 Å². The van der Waals surface area contributed by atoms with E-state index in [1.807, 2.05) is 13.8 Å². The summed E-state index contributed by atoms with van der Waals surface area (Å²) in [6, 6.07) is 4.78. The average molecular weight is 148 g/mol. The second kappa shape index (κ2) is 3.08. The summed E-state index contributed by atoms with van der Waals surface area (Å²) in [6.07, 6.45) is 0. The molecule has 0 amide bonds. The van der Waals surface area contributed by atoms with Crippen LogP contribution in [0.1, 0.15) is 25.3 Å². The van der Waals surface area contributed by atoms with Gasteiger partial charge in [0.15, 0.2) is 0 Å². The Balaban J connectivity index is 3.21. The standard InChI is InChI=1S/C9H10BF/c1-6(2)9-7(10)4-3-5-8(9)11/h3-6H,1-2H3. The Morgan fingerprint density at radius 2 is 2.00 bits per heavy atom. The maximum absolute atomic E-state index is 13.0. The van der Waals surface area contributed by atoms with Gasteiger partial charge in [-0.3, -0.25) is 0 Å². The summed E-state index contributed by atoms with van der Waals surface area (Å²) in [5.74, 6) is -0.0591. The first-order valence-corrected chi connectivity index (χ1v) is 3.67. The average Bonchev–Trinajstić information content (AvgIpc) is 1.85. The molecule has 1 rings (SSSR count). The summed E-state index contributed by atoms with van der Waals surface area (Å²) in [6.45, 7) is 3.85. The highest BCUT2D eigenvalue weighted by molar-refractivity contribution is 6.33. The van der Waals surface area contributed by atoms with Crippen molar-refractivity contribution in [2.24, 2.45) is 0 Å². The van der Waals surface area contributed by atoms with Gasteiger partial charge in [-0.2, -0.15) is 0 Å². The molecule has 0 saturated carbocycles. The third kappa shape index (κ3) is 1.62. The van der Waals surface area contributed by atoms with Crippen LogP contribution in [0.2, 0.25) is 0 Å². The van der Waals surface area contributed by atoms with Crippen molar-refractivity contribution in [2.75, 3.05) is 0 Å². The van der Waals surface area contributed by atoms with Gasteiger partial charge >= 0.3 is 0 Å². The van der Waals surface area contributed by atoms with Crippen molar-refractivity contribution >= 4 is 13.3 Å². The smallest absolute Gasteiger partial charge is 0.126 e. The molecule has 2 radical (unpaired) electrons. The molecule has 0 atom stereocenters. The fourth-order valence-corrected chi connectivity index (χ4v) is 1.16. The van der Waals surface area contributed by atoms with Crippen LogP contribution in [0.4, 0.5) is 4.39 Å². The normalized spacial score (nSPS) is 10.5. The first-order chi connectivity index (χ1) is 5.13. The van der Waals surface area contributed by atoms with Crippen LogP contribution < -0.4 is 5.46 Å². The van der Waals surface area contributed by atoms with Gasteiger partial charge < -0.3 is 0 Å². The van der Waals surface area contributed by atoms with Crippen LogP contribution in [0.25, 0.3) is 0 Å². The number of hydrogen-bond acceptors (Lipinski definition) is 0. The molecule has 0 fully saturated rings. The quantitative estimate of drug-likeness (QED) is 0.532. The highest BCUT2D eigenvalue weighted by Gasteiger charge is 2.07. The largest absolute Gasteiger partial charge is 0.207 e. The maximum Gasteiger partial charge on any atom is 0.126 e. The maximum atomic E-state index is 13.0. The van der Waals surface area contributed by atoms with E-state index in [1.54, 1.807) is 12.1 Å². The third-order valence-corrected chi connectivity index (χ3v) is 1.66. The third-order valence-electron chi connectivity index (χ3n) is 1.66. The van der Waals surface area contributed by atoms with Gasteiger partial charge in [-0.25, -0.2) is 4.39 Å². The zero-order chi connectivity index (χ0) is 8.43. The first kappa shape index (κ1) is 8.31. The lowest BCUT2D eigenvalue weighted by Crippen LogP contribution is -2.13. The van der Waals surface area contributed by atoms with Gasteiger partial charge in [0.05, 0.1) is 0 Å². The molecular weight excluding hydrogens is 138 g/mol. The lowest BCUT2D eigenvalue weighted by Gasteiger charge is -2.10. The molecule has 2 heteroatoms. The van der Waals surface area contributed by atoms with Crippen molar-refractivity contribution in [1.82, 2.24) is 0 Å². The van der Waals surface area contributed by atoms with Crippen LogP contribution in [0, 0.1) is 5.82 Å². The van der Waals surface area contributed by atoms with Crippen LogP contribution in [-0.4, -0.2) is 7.85 Å². The molecule has 0 bridgehead atoms. The van der Waals surface area contributed by atoms with Crippen LogP contribution >= 0.6 is 0 Å². The Hall–Kier alpha value is -0.785. The predicted octanol–water partition coefficient (Wildman–Crippen LogP) is 1.74. The lowest BCUT2D eigenvalue weighted by atomic mass is 9.85. The summed E-state index contributed by atoms with van der Waals surface area (Å²) >= 11 is 0. The molecule has 0 aromatic heterocycles. The van der Waals surface area contributed by atoms with Gasteiger partial charge in [-0.15, -0.1) is 0 Å². The van der Waals surface area contributed by atoms with E-state index >= 15 is 0 Å². The van der Waals surface area contributed by atoms with E-state index in [-0.39, 0.29) is 11.7 Å². The minimum atomic E-state index is -0.208. The Labute approximate surface area is 67.8 Å². The molecule has 1 aromatic carbocycles. The summed E-state index contributed by atoms with van der Waals surface area (Å²) in [7, 11) is 5.58. The summed E-state index contributed by atoms with van der Waals surface area (Å²) < 4.78 is 13.0. The second-order valence-electron chi connectivity index (χ2n) is 2.90. The molecular formula is C9H10BF. The number of hydrogen-bond donors (Lipinski definition) is 0. The van der Waals surface area contributed by atoms with E-state index in [1.165, 1.54) is 6.07 Å². The topological polar surface area (TPSA) is 0 Å². The molecule has 0 N–H and O–H groups in total. The summed E-state index contributed by atoms with van der Waals surface area (Å²) in [4.78, 5) is 0. The molecule has 0 nitrogen and oxygen atoms in total. The predicted molar refractivity (Wildman–Crippen MR) is 45.9 cm³/mol. The van der Waals surface area contributed by atoms with Crippen molar-refractivity contribution in [3.05, 3.63) is 29.6 Å². The van der Waals surface area contributed by atoms with Crippen molar-refractivity contribution in [3.63, 3.8) is 0 Å². The summed E-state index contributed by atoms with van der Waals surface area (Å²) in [5, 5.41) is 0. The van der Waals surface area contributed by atoms with E-state index < -0.39 is 0 Å². The van der Waals surface area contributed by atoms with Gasteiger partial charge in [-0.05, 0) is 17.5 Å². The molecule has 11 heavy (non-hydrogen) atoms. The summed E-state index contributed by atoms with van der Waals surface area (Å²) in [5.41, 5.74) is 1.16. The molecule has 0 heterocycles. The zero-order valence-electron chi connectivity index (χ0n) is 6.76. The SMILES string of the molecule is [B]c1cccc(F)c1C(C)C. The zero-order valence-corrected chi connectivity index (χ0v) is 6.76. The van der Waals surface area contributed by atoms with Crippen LogP contribution in [0.5, 0.6) is 0 Å². The van der Waals surface area contributed by atoms with Gasteiger partial charge in [0.2, 0.25) is 0 Å². The highest BCUT2D eigenvalue weighted by Crippen LogP contribution is 2.14.